The second-order valence-electron chi connectivity index (χ2n) is 15.0. The number of β-amino-alcohol motifs (C(OH)–C–C–N with tert-alkyl or cyclic N) is 1. The number of rotatable bonds is 5. The molecule has 2 fully saturated rings. The van der Waals surface area contributed by atoms with Crippen molar-refractivity contribution < 1.29 is 15.0 Å². The first-order valence-electron chi connectivity index (χ1n) is 18.2. The van der Waals surface area contributed by atoms with Crippen molar-refractivity contribution >= 4 is 11.7 Å². The van der Waals surface area contributed by atoms with Gasteiger partial charge in [0, 0.05) is 42.7 Å². The van der Waals surface area contributed by atoms with E-state index in [0.29, 0.717) is 36.9 Å². The Morgan fingerprint density at radius 3 is 2.58 bits per heavy atom. The van der Waals surface area contributed by atoms with Gasteiger partial charge in [0.15, 0.2) is 11.7 Å². The van der Waals surface area contributed by atoms with Gasteiger partial charge >= 0.3 is 0 Å². The summed E-state index contributed by atoms with van der Waals surface area (Å²) in [5.41, 5.74) is 5.18. The van der Waals surface area contributed by atoms with E-state index in [1.807, 2.05) is 48.5 Å². The van der Waals surface area contributed by atoms with Crippen molar-refractivity contribution in [1.82, 2.24) is 9.80 Å². The molecule has 6 heteroatoms. The summed E-state index contributed by atoms with van der Waals surface area (Å²) in [7, 11) is 0. The molecular formula is C42H51N3O3. The highest BCUT2D eigenvalue weighted by atomic mass is 16.3. The van der Waals surface area contributed by atoms with Crippen LogP contribution in [0.15, 0.2) is 89.4 Å². The van der Waals surface area contributed by atoms with Crippen molar-refractivity contribution in [1.29, 1.82) is 0 Å². The van der Waals surface area contributed by atoms with E-state index in [4.69, 9.17) is 4.99 Å². The lowest BCUT2D eigenvalue weighted by Crippen LogP contribution is -2.59. The Morgan fingerprint density at radius 1 is 0.938 bits per heavy atom. The van der Waals surface area contributed by atoms with Crippen molar-refractivity contribution in [3.63, 3.8) is 0 Å². The molecule has 2 bridgehead atoms. The number of carbonyl (C=O) groups is 1. The van der Waals surface area contributed by atoms with E-state index in [1.165, 1.54) is 5.57 Å². The van der Waals surface area contributed by atoms with Crippen LogP contribution in [0.5, 0.6) is 0 Å². The summed E-state index contributed by atoms with van der Waals surface area (Å²) in [5.74, 6) is 1.06. The Hall–Kier alpha value is -3.74. The maximum Gasteiger partial charge on any atom is 0.196 e. The third kappa shape index (κ3) is 6.25. The molecule has 252 valence electrons. The molecule has 48 heavy (non-hydrogen) atoms. The summed E-state index contributed by atoms with van der Waals surface area (Å²) in [6, 6.07) is 24.4. The van der Waals surface area contributed by atoms with E-state index in [2.05, 4.69) is 54.0 Å². The zero-order valence-corrected chi connectivity index (χ0v) is 28.7. The standard InChI is InChI=1S/C42H51N3O3/c1-30-11-8-21-41(2)38(20-22-42(41,48)29-45-26-10-25-44-24-9-23-43-40(44)45)35-19-17-31(27-33(46)18-16-30)28-37(35)39(47)36-15-7-6-14-34(36)32-12-4-3-5-13-32/h3-7,11-15,17,19,28,33,38,46,48H,8-10,16,18,20-27,29H2,1-2H3/t33-,38-,41-,42+/m0/s1. The fraction of sp³-hybridized carbons (Fsp3) is 0.476. The molecule has 2 aliphatic heterocycles. The summed E-state index contributed by atoms with van der Waals surface area (Å²) in [6.45, 7) is 8.84. The van der Waals surface area contributed by atoms with Gasteiger partial charge in [-0.05, 0) is 98.9 Å². The molecule has 0 amide bonds. The van der Waals surface area contributed by atoms with E-state index >= 15 is 0 Å². The van der Waals surface area contributed by atoms with E-state index in [-0.39, 0.29) is 11.7 Å². The highest BCUT2D eigenvalue weighted by Crippen LogP contribution is 2.59. The Labute approximate surface area is 286 Å². The van der Waals surface area contributed by atoms with Crippen LogP contribution < -0.4 is 0 Å². The quantitative estimate of drug-likeness (QED) is 0.224. The van der Waals surface area contributed by atoms with Crippen LogP contribution in [0.25, 0.3) is 11.1 Å². The number of hydrogen-bond acceptors (Lipinski definition) is 6. The third-order valence-corrected chi connectivity index (χ3v) is 11.9. The number of carbonyl (C=O) groups excluding carboxylic acids is 1. The summed E-state index contributed by atoms with van der Waals surface area (Å²) >= 11 is 0. The molecule has 8 rings (SSSR count). The average molecular weight is 646 g/mol. The lowest BCUT2D eigenvalue weighted by atomic mass is 9.64. The Kier molecular flexibility index (Phi) is 9.32. The van der Waals surface area contributed by atoms with Crippen LogP contribution in [0.3, 0.4) is 0 Å². The lowest BCUT2D eigenvalue weighted by molar-refractivity contribution is -0.0772. The highest BCUT2D eigenvalue weighted by Gasteiger charge is 2.57. The number of aliphatic imine (C=N–C) groups is 1. The molecule has 3 aliphatic carbocycles. The smallest absolute Gasteiger partial charge is 0.196 e. The monoisotopic (exact) mass is 645 g/mol. The Balaban J connectivity index is 1.32. The van der Waals surface area contributed by atoms with Crippen molar-refractivity contribution in [3.8, 4) is 11.1 Å². The van der Waals surface area contributed by atoms with Crippen LogP contribution in [0.1, 0.15) is 98.2 Å². The van der Waals surface area contributed by atoms with Gasteiger partial charge < -0.3 is 20.0 Å². The fourth-order valence-electron chi connectivity index (χ4n) is 9.06. The second kappa shape index (κ2) is 13.6. The molecule has 0 radical (unpaired) electrons. The fourth-order valence-corrected chi connectivity index (χ4v) is 9.06. The van der Waals surface area contributed by atoms with Crippen LogP contribution in [-0.4, -0.2) is 76.2 Å². The first-order valence-corrected chi connectivity index (χ1v) is 18.2. The van der Waals surface area contributed by atoms with Crippen LogP contribution in [0.2, 0.25) is 0 Å². The van der Waals surface area contributed by atoms with Gasteiger partial charge in [0.2, 0.25) is 0 Å². The first-order chi connectivity index (χ1) is 23.3. The van der Waals surface area contributed by atoms with Gasteiger partial charge in [-0.3, -0.25) is 9.79 Å². The number of aliphatic hydroxyl groups excluding tert-OH is 1. The van der Waals surface area contributed by atoms with Gasteiger partial charge in [0.05, 0.1) is 18.2 Å². The molecule has 6 nitrogen and oxygen atoms in total. The minimum absolute atomic E-state index is 0.00431. The maximum absolute atomic E-state index is 14.9. The zero-order chi connectivity index (χ0) is 33.3. The number of aliphatic hydroxyl groups is 2. The number of allylic oxidation sites excluding steroid dienone is 2. The first kappa shape index (κ1) is 32.8. The number of ketones is 1. The summed E-state index contributed by atoms with van der Waals surface area (Å²) in [5, 5.41) is 24.0. The van der Waals surface area contributed by atoms with E-state index in [0.717, 1.165) is 92.9 Å². The summed E-state index contributed by atoms with van der Waals surface area (Å²) in [6.07, 6.45) is 9.17. The molecule has 0 unspecified atom stereocenters. The van der Waals surface area contributed by atoms with Gasteiger partial charge in [-0.15, -0.1) is 0 Å². The van der Waals surface area contributed by atoms with Crippen molar-refractivity contribution in [2.24, 2.45) is 10.4 Å². The molecule has 0 aromatic heterocycles. The normalized spacial score (nSPS) is 27.8. The largest absolute Gasteiger partial charge is 0.393 e. The molecule has 5 aliphatic rings. The Morgan fingerprint density at radius 2 is 1.73 bits per heavy atom. The number of benzene rings is 3. The van der Waals surface area contributed by atoms with Crippen LogP contribution >= 0.6 is 0 Å². The molecular weight excluding hydrogens is 594 g/mol. The predicted molar refractivity (Wildman–Crippen MR) is 193 cm³/mol. The van der Waals surface area contributed by atoms with Gasteiger partial charge in [0.25, 0.3) is 0 Å². The predicted octanol–water partition coefficient (Wildman–Crippen LogP) is 7.39. The summed E-state index contributed by atoms with van der Waals surface area (Å²) < 4.78 is 0. The summed E-state index contributed by atoms with van der Waals surface area (Å²) in [4.78, 5) is 24.6. The minimum atomic E-state index is -0.948. The number of fused-ring (bicyclic) bond motifs is 9. The van der Waals surface area contributed by atoms with Crippen molar-refractivity contribution in [3.05, 3.63) is 107 Å². The zero-order valence-electron chi connectivity index (χ0n) is 28.7. The van der Waals surface area contributed by atoms with Crippen LogP contribution in [-0.2, 0) is 6.42 Å². The number of hydrogen-bond donors (Lipinski definition) is 2. The van der Waals surface area contributed by atoms with E-state index < -0.39 is 17.1 Å². The van der Waals surface area contributed by atoms with Crippen LogP contribution in [0, 0.1) is 5.41 Å². The van der Waals surface area contributed by atoms with Gasteiger partial charge in [-0.2, -0.15) is 0 Å². The van der Waals surface area contributed by atoms with Crippen molar-refractivity contribution in [2.45, 2.75) is 89.3 Å². The molecule has 2 N–H and O–H groups in total. The maximum atomic E-state index is 14.9. The number of guanidine groups is 1. The molecule has 3 aromatic carbocycles. The number of nitrogens with zero attached hydrogens (tertiary/aromatic N) is 3. The SMILES string of the molecule is CC1=CCC[C@@]2(C)[C@@H](CC[C@@]2(O)CN2CCCN3CCCN=C32)c2ccc(cc2C(=O)c2ccccc2-c2ccccc2)C[C@@H](O)CC1. The van der Waals surface area contributed by atoms with Gasteiger partial charge in [-0.1, -0.05) is 85.3 Å². The second-order valence-corrected chi connectivity index (χ2v) is 15.0. The molecule has 4 atom stereocenters. The molecule has 0 spiro atoms. The Bertz CT molecular complexity index is 1700. The molecule has 1 saturated carbocycles. The minimum Gasteiger partial charge on any atom is -0.393 e. The average Bonchev–Trinajstić information content (AvgIpc) is 3.36. The lowest BCUT2D eigenvalue weighted by Gasteiger charge is -2.49. The van der Waals surface area contributed by atoms with E-state index in [9.17, 15) is 15.0 Å². The van der Waals surface area contributed by atoms with Crippen LogP contribution in [0.4, 0.5) is 0 Å². The van der Waals surface area contributed by atoms with Gasteiger partial charge in [-0.25, -0.2) is 0 Å². The molecule has 2 heterocycles. The molecule has 1 saturated heterocycles. The highest BCUT2D eigenvalue weighted by molar-refractivity contribution is 6.13. The third-order valence-electron chi connectivity index (χ3n) is 11.9. The van der Waals surface area contributed by atoms with Gasteiger partial charge in [0.1, 0.15) is 0 Å². The topological polar surface area (TPSA) is 76.4 Å². The molecule has 3 aromatic rings. The van der Waals surface area contributed by atoms with E-state index in [1.54, 1.807) is 0 Å². The van der Waals surface area contributed by atoms with Crippen molar-refractivity contribution in [2.75, 3.05) is 32.7 Å².